The highest BCUT2D eigenvalue weighted by Crippen LogP contribution is 2.39. The summed E-state index contributed by atoms with van der Waals surface area (Å²) in [4.78, 5) is 4.48. The van der Waals surface area contributed by atoms with Crippen LogP contribution < -0.4 is 5.32 Å². The molecule has 3 rings (SSSR count). The molecule has 2 fully saturated rings. The summed E-state index contributed by atoms with van der Waals surface area (Å²) in [6, 6.07) is 0.652. The largest absolute Gasteiger partial charge is 0.330 e. The molecule has 1 aromatic rings. The number of thioether (sulfide) groups is 1. The zero-order valence-corrected chi connectivity index (χ0v) is 12.9. The summed E-state index contributed by atoms with van der Waals surface area (Å²) >= 11 is 2.04. The van der Waals surface area contributed by atoms with E-state index in [1.54, 1.807) is 0 Å². The molecule has 0 bridgehead atoms. The van der Waals surface area contributed by atoms with Gasteiger partial charge in [-0.15, -0.1) is 0 Å². The molecule has 3 nitrogen and oxygen atoms in total. The lowest BCUT2D eigenvalue weighted by Gasteiger charge is -2.35. The SMILES string of the molecule is CSC1CCCCC1n1cncc1C1(C)CCNC1. The standard InChI is InChI=1S/C15H25N3S/c1-15(7-8-16-10-15)14-9-17-11-18(14)12-5-3-4-6-13(12)19-2/h9,11-13,16H,3-8,10H2,1-2H3. The van der Waals surface area contributed by atoms with Gasteiger partial charge in [-0.3, -0.25) is 0 Å². The van der Waals surface area contributed by atoms with Crippen LogP contribution in [0.2, 0.25) is 0 Å². The van der Waals surface area contributed by atoms with E-state index in [9.17, 15) is 0 Å². The molecule has 1 aliphatic carbocycles. The molecule has 4 heteroatoms. The third-order valence-electron chi connectivity index (χ3n) is 4.98. The Morgan fingerprint density at radius 1 is 1.42 bits per heavy atom. The number of hydrogen-bond donors (Lipinski definition) is 1. The number of aromatic nitrogens is 2. The Bertz CT molecular complexity index is 423. The molecular formula is C15H25N3S. The molecule has 1 aliphatic heterocycles. The minimum Gasteiger partial charge on any atom is -0.330 e. The molecule has 1 aromatic heterocycles. The van der Waals surface area contributed by atoms with Crippen LogP contribution in [-0.4, -0.2) is 34.1 Å². The highest BCUT2D eigenvalue weighted by Gasteiger charge is 2.36. The summed E-state index contributed by atoms with van der Waals surface area (Å²) in [7, 11) is 0. The van der Waals surface area contributed by atoms with Crippen LogP contribution in [0.15, 0.2) is 12.5 Å². The summed E-state index contributed by atoms with van der Waals surface area (Å²) in [6.07, 6.45) is 13.1. The molecule has 0 aromatic carbocycles. The van der Waals surface area contributed by atoms with Gasteiger partial charge in [0.2, 0.25) is 0 Å². The van der Waals surface area contributed by atoms with E-state index in [-0.39, 0.29) is 5.41 Å². The van der Waals surface area contributed by atoms with Crippen LogP contribution in [0, 0.1) is 0 Å². The highest BCUT2D eigenvalue weighted by molar-refractivity contribution is 7.99. The molecule has 106 valence electrons. The van der Waals surface area contributed by atoms with Gasteiger partial charge in [0.15, 0.2) is 0 Å². The average molecular weight is 279 g/mol. The van der Waals surface area contributed by atoms with Gasteiger partial charge in [0.25, 0.3) is 0 Å². The van der Waals surface area contributed by atoms with Gasteiger partial charge in [0.1, 0.15) is 0 Å². The minimum atomic E-state index is 0.275. The lowest BCUT2D eigenvalue weighted by atomic mass is 9.85. The van der Waals surface area contributed by atoms with Crippen molar-refractivity contribution in [2.75, 3.05) is 19.3 Å². The van der Waals surface area contributed by atoms with E-state index in [0.717, 1.165) is 18.3 Å². The molecule has 0 spiro atoms. The molecule has 0 amide bonds. The van der Waals surface area contributed by atoms with Crippen molar-refractivity contribution >= 4 is 11.8 Å². The van der Waals surface area contributed by atoms with Gasteiger partial charge in [-0.25, -0.2) is 4.98 Å². The van der Waals surface area contributed by atoms with Gasteiger partial charge in [0.05, 0.1) is 6.33 Å². The minimum absolute atomic E-state index is 0.275. The van der Waals surface area contributed by atoms with Crippen molar-refractivity contribution in [2.24, 2.45) is 0 Å². The van der Waals surface area contributed by atoms with E-state index in [2.05, 4.69) is 40.6 Å². The molecule has 0 radical (unpaired) electrons. The summed E-state index contributed by atoms with van der Waals surface area (Å²) in [5, 5.41) is 4.27. The van der Waals surface area contributed by atoms with Crippen LogP contribution in [-0.2, 0) is 5.41 Å². The van der Waals surface area contributed by atoms with E-state index < -0.39 is 0 Å². The Hall–Kier alpha value is -0.480. The van der Waals surface area contributed by atoms with E-state index in [4.69, 9.17) is 0 Å². The number of imidazole rings is 1. The number of hydrogen-bond acceptors (Lipinski definition) is 3. The second-order valence-electron chi connectivity index (χ2n) is 6.30. The molecule has 3 unspecified atom stereocenters. The van der Waals surface area contributed by atoms with Gasteiger partial charge < -0.3 is 9.88 Å². The molecule has 1 N–H and O–H groups in total. The quantitative estimate of drug-likeness (QED) is 0.922. The first-order chi connectivity index (χ1) is 9.24. The fourth-order valence-corrected chi connectivity index (χ4v) is 4.73. The van der Waals surface area contributed by atoms with Crippen LogP contribution in [0.4, 0.5) is 0 Å². The second-order valence-corrected chi connectivity index (χ2v) is 7.38. The first-order valence-corrected chi connectivity index (χ1v) is 8.79. The second kappa shape index (κ2) is 5.49. The zero-order valence-electron chi connectivity index (χ0n) is 12.1. The maximum Gasteiger partial charge on any atom is 0.0951 e. The van der Waals surface area contributed by atoms with Gasteiger partial charge in [-0.2, -0.15) is 11.8 Å². The third kappa shape index (κ3) is 2.45. The van der Waals surface area contributed by atoms with Crippen molar-refractivity contribution in [2.45, 2.75) is 55.7 Å². The Morgan fingerprint density at radius 2 is 2.26 bits per heavy atom. The summed E-state index contributed by atoms with van der Waals surface area (Å²) in [6.45, 7) is 4.62. The van der Waals surface area contributed by atoms with Gasteiger partial charge >= 0.3 is 0 Å². The highest BCUT2D eigenvalue weighted by atomic mass is 32.2. The van der Waals surface area contributed by atoms with Gasteiger partial charge in [-0.1, -0.05) is 19.8 Å². The molecule has 2 aliphatic rings. The summed E-state index contributed by atoms with van der Waals surface area (Å²) in [5.41, 5.74) is 1.72. The van der Waals surface area contributed by atoms with Crippen molar-refractivity contribution in [1.29, 1.82) is 0 Å². The van der Waals surface area contributed by atoms with E-state index >= 15 is 0 Å². The van der Waals surface area contributed by atoms with E-state index in [0.29, 0.717) is 6.04 Å². The Labute approximate surface area is 120 Å². The first-order valence-electron chi connectivity index (χ1n) is 7.50. The molecule has 1 saturated carbocycles. The smallest absolute Gasteiger partial charge is 0.0951 e. The van der Waals surface area contributed by atoms with Crippen molar-refractivity contribution in [1.82, 2.24) is 14.9 Å². The lowest BCUT2D eigenvalue weighted by Crippen LogP contribution is -2.33. The molecule has 3 atom stereocenters. The van der Waals surface area contributed by atoms with Crippen molar-refractivity contribution < 1.29 is 0 Å². The van der Waals surface area contributed by atoms with Gasteiger partial charge in [-0.05, 0) is 32.1 Å². The predicted molar refractivity (Wildman–Crippen MR) is 81.9 cm³/mol. The first kappa shape index (κ1) is 13.5. The Balaban J connectivity index is 1.90. The fraction of sp³-hybridized carbons (Fsp3) is 0.800. The summed E-state index contributed by atoms with van der Waals surface area (Å²) < 4.78 is 2.51. The van der Waals surface area contributed by atoms with Crippen LogP contribution in [0.25, 0.3) is 0 Å². The number of rotatable bonds is 3. The molecule has 2 heterocycles. The van der Waals surface area contributed by atoms with Crippen molar-refractivity contribution in [3.05, 3.63) is 18.2 Å². The Kier molecular flexibility index (Phi) is 3.90. The van der Waals surface area contributed by atoms with Crippen LogP contribution >= 0.6 is 11.8 Å². The monoisotopic (exact) mass is 279 g/mol. The van der Waals surface area contributed by atoms with E-state index in [1.165, 1.54) is 37.8 Å². The normalized spacial score (nSPS) is 35.7. The molecule has 1 saturated heterocycles. The number of nitrogens with one attached hydrogen (secondary N) is 1. The molecular weight excluding hydrogens is 254 g/mol. The topological polar surface area (TPSA) is 29.9 Å². The van der Waals surface area contributed by atoms with Crippen LogP contribution in [0.1, 0.15) is 50.8 Å². The third-order valence-corrected chi connectivity index (χ3v) is 6.14. The van der Waals surface area contributed by atoms with E-state index in [1.807, 2.05) is 11.8 Å². The van der Waals surface area contributed by atoms with Crippen molar-refractivity contribution in [3.63, 3.8) is 0 Å². The van der Waals surface area contributed by atoms with Gasteiger partial charge in [0, 0.05) is 35.1 Å². The van der Waals surface area contributed by atoms with Crippen molar-refractivity contribution in [3.8, 4) is 0 Å². The number of nitrogens with zero attached hydrogens (tertiary/aromatic N) is 2. The average Bonchev–Trinajstić information content (AvgIpc) is 3.08. The molecule has 19 heavy (non-hydrogen) atoms. The predicted octanol–water partition coefficient (Wildman–Crippen LogP) is 2.98. The zero-order chi connectivity index (χ0) is 13.3. The van der Waals surface area contributed by atoms with Crippen LogP contribution in [0.3, 0.4) is 0 Å². The Morgan fingerprint density at radius 3 is 3.00 bits per heavy atom. The maximum atomic E-state index is 4.48. The fourth-order valence-electron chi connectivity index (χ4n) is 3.74. The van der Waals surface area contributed by atoms with Crippen LogP contribution in [0.5, 0.6) is 0 Å². The lowest BCUT2D eigenvalue weighted by molar-refractivity contribution is 0.339. The summed E-state index contributed by atoms with van der Waals surface area (Å²) in [5.74, 6) is 0. The maximum absolute atomic E-state index is 4.48.